The molecule has 0 aliphatic heterocycles. The fourth-order valence-electron chi connectivity index (χ4n) is 1.31. The van der Waals surface area contributed by atoms with Gasteiger partial charge in [0.15, 0.2) is 0 Å². The third-order valence-corrected chi connectivity index (χ3v) is 3.19. The van der Waals surface area contributed by atoms with Crippen LogP contribution in [0.4, 0.5) is 0 Å². The summed E-state index contributed by atoms with van der Waals surface area (Å²) in [7, 11) is 0. The van der Waals surface area contributed by atoms with Gasteiger partial charge in [-0.25, -0.2) is 4.98 Å². The van der Waals surface area contributed by atoms with E-state index in [2.05, 4.69) is 9.97 Å². The lowest BCUT2D eigenvalue weighted by Gasteiger charge is -2.01. The zero-order valence-electron chi connectivity index (χ0n) is 8.00. The van der Waals surface area contributed by atoms with E-state index in [1.165, 1.54) is 6.33 Å². The Morgan fingerprint density at radius 2 is 2.21 bits per heavy atom. The van der Waals surface area contributed by atoms with Gasteiger partial charge in [-0.2, -0.15) is 0 Å². The standard InChI is InChI=1S/C10H10N2OS/c1-6-3-4-14-9(6)8-7(2)10(13)12-5-11-8/h3-5H,1-2H3,(H,11,12,13). The molecule has 0 spiro atoms. The number of nitrogens with one attached hydrogen (secondary N) is 1. The van der Waals surface area contributed by atoms with Gasteiger partial charge in [0.05, 0.1) is 16.9 Å². The van der Waals surface area contributed by atoms with Crippen molar-refractivity contribution < 1.29 is 0 Å². The van der Waals surface area contributed by atoms with E-state index in [4.69, 9.17) is 0 Å². The Kier molecular flexibility index (Phi) is 2.21. The number of rotatable bonds is 1. The number of aromatic amines is 1. The minimum atomic E-state index is -0.0669. The summed E-state index contributed by atoms with van der Waals surface area (Å²) in [5.74, 6) is 0. The van der Waals surface area contributed by atoms with Crippen molar-refractivity contribution in [2.75, 3.05) is 0 Å². The van der Waals surface area contributed by atoms with Crippen LogP contribution in [0.5, 0.6) is 0 Å². The van der Waals surface area contributed by atoms with E-state index in [0.29, 0.717) is 5.56 Å². The molecule has 0 saturated heterocycles. The van der Waals surface area contributed by atoms with Crippen molar-refractivity contribution in [1.29, 1.82) is 0 Å². The second-order valence-electron chi connectivity index (χ2n) is 3.14. The van der Waals surface area contributed by atoms with Crippen LogP contribution in [0.1, 0.15) is 11.1 Å². The molecule has 0 aliphatic carbocycles. The highest BCUT2D eigenvalue weighted by atomic mass is 32.1. The number of nitrogens with zero attached hydrogens (tertiary/aromatic N) is 1. The van der Waals surface area contributed by atoms with E-state index >= 15 is 0 Å². The number of thiophene rings is 1. The van der Waals surface area contributed by atoms with Crippen molar-refractivity contribution in [3.8, 4) is 10.6 Å². The third-order valence-electron chi connectivity index (χ3n) is 2.16. The molecule has 0 fully saturated rings. The molecule has 0 aliphatic rings. The third kappa shape index (κ3) is 1.37. The number of aryl methyl sites for hydroxylation is 1. The lowest BCUT2D eigenvalue weighted by molar-refractivity contribution is 1.08. The maximum absolute atomic E-state index is 11.4. The quantitative estimate of drug-likeness (QED) is 0.776. The molecule has 2 aromatic rings. The number of aromatic nitrogens is 2. The molecule has 0 amide bonds. The molecular formula is C10H10N2OS. The van der Waals surface area contributed by atoms with Gasteiger partial charge in [-0.1, -0.05) is 0 Å². The highest BCUT2D eigenvalue weighted by Crippen LogP contribution is 2.27. The first-order chi connectivity index (χ1) is 6.70. The minimum absolute atomic E-state index is 0.0669. The summed E-state index contributed by atoms with van der Waals surface area (Å²) >= 11 is 1.61. The molecule has 0 radical (unpaired) electrons. The first-order valence-corrected chi connectivity index (χ1v) is 5.17. The van der Waals surface area contributed by atoms with Crippen LogP contribution in [0, 0.1) is 13.8 Å². The smallest absolute Gasteiger partial charge is 0.254 e. The van der Waals surface area contributed by atoms with Crippen LogP contribution in [0.2, 0.25) is 0 Å². The molecule has 0 unspecified atom stereocenters. The van der Waals surface area contributed by atoms with Gasteiger partial charge >= 0.3 is 0 Å². The Morgan fingerprint density at radius 3 is 2.86 bits per heavy atom. The van der Waals surface area contributed by atoms with Gasteiger partial charge < -0.3 is 4.98 Å². The molecule has 2 rings (SSSR count). The zero-order chi connectivity index (χ0) is 10.1. The van der Waals surface area contributed by atoms with Crippen LogP contribution in [-0.4, -0.2) is 9.97 Å². The van der Waals surface area contributed by atoms with Crippen LogP contribution in [0.3, 0.4) is 0 Å². The monoisotopic (exact) mass is 206 g/mol. The molecule has 72 valence electrons. The van der Waals surface area contributed by atoms with E-state index in [1.807, 2.05) is 18.4 Å². The molecule has 1 N–H and O–H groups in total. The lowest BCUT2D eigenvalue weighted by Crippen LogP contribution is -2.11. The topological polar surface area (TPSA) is 45.8 Å². The Balaban J connectivity index is 2.69. The molecule has 3 nitrogen and oxygen atoms in total. The Hall–Kier alpha value is -1.42. The average molecular weight is 206 g/mol. The van der Waals surface area contributed by atoms with Crippen LogP contribution in [0.25, 0.3) is 10.6 Å². The van der Waals surface area contributed by atoms with Gasteiger partial charge in [-0.15, -0.1) is 11.3 Å². The molecular weight excluding hydrogens is 196 g/mol. The lowest BCUT2D eigenvalue weighted by atomic mass is 10.1. The number of H-pyrrole nitrogens is 1. The summed E-state index contributed by atoms with van der Waals surface area (Å²) in [6.45, 7) is 3.81. The summed E-state index contributed by atoms with van der Waals surface area (Å²) in [6, 6.07) is 2.03. The SMILES string of the molecule is Cc1ccsc1-c1nc[nH]c(=O)c1C. The summed E-state index contributed by atoms with van der Waals surface area (Å²) in [4.78, 5) is 19.2. The predicted molar refractivity (Wildman–Crippen MR) is 57.6 cm³/mol. The zero-order valence-corrected chi connectivity index (χ0v) is 8.81. The molecule has 0 aromatic carbocycles. The summed E-state index contributed by atoms with van der Waals surface area (Å²) in [5, 5.41) is 2.01. The average Bonchev–Trinajstić information content (AvgIpc) is 2.57. The molecule has 4 heteroatoms. The Bertz CT molecular complexity index is 513. The van der Waals surface area contributed by atoms with E-state index in [-0.39, 0.29) is 5.56 Å². The maximum atomic E-state index is 11.4. The highest BCUT2D eigenvalue weighted by molar-refractivity contribution is 7.13. The summed E-state index contributed by atoms with van der Waals surface area (Å²) in [6.07, 6.45) is 1.45. The second kappa shape index (κ2) is 3.38. The van der Waals surface area contributed by atoms with Crippen LogP contribution in [0.15, 0.2) is 22.6 Å². The van der Waals surface area contributed by atoms with Crippen LogP contribution < -0.4 is 5.56 Å². The van der Waals surface area contributed by atoms with Gasteiger partial charge in [0.1, 0.15) is 0 Å². The fourth-order valence-corrected chi connectivity index (χ4v) is 2.29. The van der Waals surface area contributed by atoms with E-state index < -0.39 is 0 Å². The van der Waals surface area contributed by atoms with E-state index in [9.17, 15) is 4.79 Å². The van der Waals surface area contributed by atoms with E-state index in [0.717, 1.165) is 16.1 Å². The van der Waals surface area contributed by atoms with Crippen molar-refractivity contribution in [2.24, 2.45) is 0 Å². The van der Waals surface area contributed by atoms with Gasteiger partial charge in [0, 0.05) is 5.56 Å². The Labute approximate surface area is 85.5 Å². The van der Waals surface area contributed by atoms with Gasteiger partial charge in [-0.05, 0) is 30.9 Å². The summed E-state index contributed by atoms with van der Waals surface area (Å²) < 4.78 is 0. The van der Waals surface area contributed by atoms with Gasteiger partial charge in [-0.3, -0.25) is 4.79 Å². The highest BCUT2D eigenvalue weighted by Gasteiger charge is 2.09. The van der Waals surface area contributed by atoms with Gasteiger partial charge in [0.2, 0.25) is 0 Å². The first-order valence-electron chi connectivity index (χ1n) is 4.29. The predicted octanol–water partition coefficient (Wildman–Crippen LogP) is 2.12. The molecule has 0 bridgehead atoms. The molecule has 14 heavy (non-hydrogen) atoms. The number of hydrogen-bond acceptors (Lipinski definition) is 3. The van der Waals surface area contributed by atoms with Gasteiger partial charge in [0.25, 0.3) is 5.56 Å². The van der Waals surface area contributed by atoms with Crippen LogP contribution >= 0.6 is 11.3 Å². The normalized spacial score (nSPS) is 10.4. The maximum Gasteiger partial charge on any atom is 0.254 e. The van der Waals surface area contributed by atoms with Crippen molar-refractivity contribution in [1.82, 2.24) is 9.97 Å². The van der Waals surface area contributed by atoms with Crippen molar-refractivity contribution in [3.63, 3.8) is 0 Å². The van der Waals surface area contributed by atoms with E-state index in [1.54, 1.807) is 18.3 Å². The molecule has 0 saturated carbocycles. The van der Waals surface area contributed by atoms with Crippen molar-refractivity contribution in [2.45, 2.75) is 13.8 Å². The second-order valence-corrected chi connectivity index (χ2v) is 4.05. The molecule has 2 aromatic heterocycles. The van der Waals surface area contributed by atoms with Crippen molar-refractivity contribution in [3.05, 3.63) is 39.3 Å². The van der Waals surface area contributed by atoms with Crippen LogP contribution in [-0.2, 0) is 0 Å². The summed E-state index contributed by atoms with van der Waals surface area (Å²) in [5.41, 5.74) is 2.57. The largest absolute Gasteiger partial charge is 0.313 e. The molecule has 2 heterocycles. The number of hydrogen-bond donors (Lipinski definition) is 1. The van der Waals surface area contributed by atoms with Crippen molar-refractivity contribution >= 4 is 11.3 Å². The molecule has 0 atom stereocenters. The minimum Gasteiger partial charge on any atom is -0.313 e. The fraction of sp³-hybridized carbons (Fsp3) is 0.200. The first kappa shape index (κ1) is 9.15. The Morgan fingerprint density at radius 1 is 1.43 bits per heavy atom.